The second-order valence-corrected chi connectivity index (χ2v) is 5.35. The van der Waals surface area contributed by atoms with Crippen LogP contribution >= 0.6 is 0 Å². The zero-order valence-corrected chi connectivity index (χ0v) is 11.3. The van der Waals surface area contributed by atoms with E-state index in [0.29, 0.717) is 11.7 Å². The molecule has 1 heterocycles. The topological polar surface area (TPSA) is 74.5 Å². The summed E-state index contributed by atoms with van der Waals surface area (Å²) in [5.41, 5.74) is 0. The number of furan rings is 1. The van der Waals surface area contributed by atoms with E-state index in [9.17, 15) is 9.90 Å². The summed E-state index contributed by atoms with van der Waals surface area (Å²) in [7, 11) is 0. The number of aliphatic hydroxyl groups is 1. The molecule has 0 spiro atoms. The van der Waals surface area contributed by atoms with Gasteiger partial charge in [-0.2, -0.15) is 0 Å². The summed E-state index contributed by atoms with van der Waals surface area (Å²) in [6.45, 7) is 2.37. The highest BCUT2D eigenvalue weighted by Crippen LogP contribution is 2.23. The van der Waals surface area contributed by atoms with Crippen molar-refractivity contribution in [2.75, 3.05) is 6.54 Å². The first-order valence-electron chi connectivity index (χ1n) is 6.91. The summed E-state index contributed by atoms with van der Waals surface area (Å²) < 4.78 is 5.07. The van der Waals surface area contributed by atoms with Gasteiger partial charge < -0.3 is 20.2 Å². The van der Waals surface area contributed by atoms with E-state index in [1.165, 1.54) is 19.1 Å². The summed E-state index contributed by atoms with van der Waals surface area (Å²) >= 11 is 0. The molecule has 2 amide bonds. The third-order valence-corrected chi connectivity index (χ3v) is 3.60. The van der Waals surface area contributed by atoms with Gasteiger partial charge in [0.2, 0.25) is 0 Å². The minimum atomic E-state index is -0.800. The van der Waals surface area contributed by atoms with Gasteiger partial charge in [-0.25, -0.2) is 4.79 Å². The SMILES string of the molecule is CC1CCCC(NC(=O)NCC(O)c2ccco2)C1. The summed E-state index contributed by atoms with van der Waals surface area (Å²) in [6.07, 6.45) is 5.19. The molecule has 2 rings (SSSR count). The fraction of sp³-hybridized carbons (Fsp3) is 0.643. The molecule has 3 N–H and O–H groups in total. The van der Waals surface area contributed by atoms with E-state index >= 15 is 0 Å². The maximum absolute atomic E-state index is 11.7. The van der Waals surface area contributed by atoms with Crippen molar-refractivity contribution in [3.05, 3.63) is 24.2 Å². The second kappa shape index (κ2) is 6.61. The fourth-order valence-corrected chi connectivity index (χ4v) is 2.57. The number of hydrogen-bond acceptors (Lipinski definition) is 3. The monoisotopic (exact) mass is 266 g/mol. The summed E-state index contributed by atoms with van der Waals surface area (Å²) in [5.74, 6) is 1.14. The van der Waals surface area contributed by atoms with E-state index in [0.717, 1.165) is 12.8 Å². The molecule has 0 saturated heterocycles. The van der Waals surface area contributed by atoms with Gasteiger partial charge in [-0.15, -0.1) is 0 Å². The lowest BCUT2D eigenvalue weighted by Crippen LogP contribution is -2.44. The molecular formula is C14H22N2O3. The predicted molar refractivity (Wildman–Crippen MR) is 71.6 cm³/mol. The molecule has 1 saturated carbocycles. The minimum absolute atomic E-state index is 0.154. The van der Waals surface area contributed by atoms with Gasteiger partial charge in [-0.3, -0.25) is 0 Å². The second-order valence-electron chi connectivity index (χ2n) is 5.35. The van der Waals surface area contributed by atoms with Gasteiger partial charge in [-0.1, -0.05) is 19.8 Å². The Labute approximate surface area is 113 Å². The number of urea groups is 1. The molecule has 1 fully saturated rings. The van der Waals surface area contributed by atoms with E-state index in [2.05, 4.69) is 17.6 Å². The maximum Gasteiger partial charge on any atom is 0.315 e. The van der Waals surface area contributed by atoms with Crippen LogP contribution in [0.15, 0.2) is 22.8 Å². The number of carbonyl (C=O) groups is 1. The van der Waals surface area contributed by atoms with Crippen molar-refractivity contribution in [3.8, 4) is 0 Å². The first kappa shape index (κ1) is 13.9. The molecule has 5 nitrogen and oxygen atoms in total. The van der Waals surface area contributed by atoms with Crippen LogP contribution in [-0.2, 0) is 0 Å². The number of nitrogens with one attached hydrogen (secondary N) is 2. The standard InChI is InChI=1S/C14H22N2O3/c1-10-4-2-5-11(8-10)16-14(18)15-9-12(17)13-6-3-7-19-13/h3,6-7,10-12,17H,2,4-5,8-9H2,1H3,(H2,15,16,18). The smallest absolute Gasteiger partial charge is 0.315 e. The molecule has 0 aliphatic heterocycles. The van der Waals surface area contributed by atoms with Gasteiger partial charge in [0.1, 0.15) is 11.9 Å². The first-order valence-corrected chi connectivity index (χ1v) is 6.91. The van der Waals surface area contributed by atoms with E-state index < -0.39 is 6.10 Å². The van der Waals surface area contributed by atoms with Crippen LogP contribution in [0.2, 0.25) is 0 Å². The van der Waals surface area contributed by atoms with Gasteiger partial charge >= 0.3 is 6.03 Å². The average Bonchev–Trinajstić information content (AvgIpc) is 2.90. The number of rotatable bonds is 4. The quantitative estimate of drug-likeness (QED) is 0.782. The van der Waals surface area contributed by atoms with Crippen molar-refractivity contribution in [1.82, 2.24) is 10.6 Å². The highest BCUT2D eigenvalue weighted by Gasteiger charge is 2.20. The molecule has 106 valence electrons. The zero-order chi connectivity index (χ0) is 13.7. The molecule has 1 aliphatic carbocycles. The Bertz CT molecular complexity index is 391. The number of amides is 2. The largest absolute Gasteiger partial charge is 0.467 e. The predicted octanol–water partition coefficient (Wildman–Crippen LogP) is 2.19. The average molecular weight is 266 g/mol. The molecule has 1 aromatic heterocycles. The van der Waals surface area contributed by atoms with Gasteiger partial charge in [0.05, 0.1) is 12.8 Å². The summed E-state index contributed by atoms with van der Waals surface area (Å²) in [6, 6.07) is 3.43. The van der Waals surface area contributed by atoms with Crippen LogP contribution in [0.1, 0.15) is 44.5 Å². The molecule has 0 radical (unpaired) electrons. The lowest BCUT2D eigenvalue weighted by Gasteiger charge is -2.27. The van der Waals surface area contributed by atoms with Crippen LogP contribution < -0.4 is 10.6 Å². The lowest BCUT2D eigenvalue weighted by molar-refractivity contribution is 0.147. The third kappa shape index (κ3) is 4.28. The van der Waals surface area contributed by atoms with Gasteiger partial charge in [-0.05, 0) is 30.9 Å². The Balaban J connectivity index is 1.69. The van der Waals surface area contributed by atoms with Crippen LogP contribution in [0.3, 0.4) is 0 Å². The van der Waals surface area contributed by atoms with Crippen LogP contribution in [0.25, 0.3) is 0 Å². The van der Waals surface area contributed by atoms with Crippen LogP contribution in [0.4, 0.5) is 4.79 Å². The van der Waals surface area contributed by atoms with Gasteiger partial charge in [0.25, 0.3) is 0 Å². The van der Waals surface area contributed by atoms with Gasteiger partial charge in [0.15, 0.2) is 0 Å². The van der Waals surface area contributed by atoms with E-state index in [4.69, 9.17) is 4.42 Å². The van der Waals surface area contributed by atoms with Crippen LogP contribution in [0.5, 0.6) is 0 Å². The highest BCUT2D eigenvalue weighted by atomic mass is 16.4. The Hall–Kier alpha value is -1.49. The first-order chi connectivity index (χ1) is 9.15. The summed E-state index contributed by atoms with van der Waals surface area (Å²) in [4.78, 5) is 11.7. The van der Waals surface area contributed by atoms with Crippen LogP contribution in [0, 0.1) is 5.92 Å². The fourth-order valence-electron chi connectivity index (χ4n) is 2.57. The Morgan fingerprint density at radius 3 is 3.11 bits per heavy atom. The maximum atomic E-state index is 11.7. The molecule has 1 aliphatic rings. The molecule has 0 bridgehead atoms. The Kier molecular flexibility index (Phi) is 4.85. The van der Waals surface area contributed by atoms with E-state index in [1.807, 2.05) is 0 Å². The highest BCUT2D eigenvalue weighted by molar-refractivity contribution is 5.74. The molecule has 19 heavy (non-hydrogen) atoms. The molecule has 5 heteroatoms. The molecule has 3 atom stereocenters. The van der Waals surface area contributed by atoms with Crippen molar-refractivity contribution in [3.63, 3.8) is 0 Å². The van der Waals surface area contributed by atoms with Gasteiger partial charge in [0, 0.05) is 6.04 Å². The number of hydrogen-bond donors (Lipinski definition) is 3. The zero-order valence-electron chi connectivity index (χ0n) is 11.3. The summed E-state index contributed by atoms with van der Waals surface area (Å²) in [5, 5.41) is 15.4. The van der Waals surface area contributed by atoms with Crippen molar-refractivity contribution in [2.45, 2.75) is 44.8 Å². The lowest BCUT2D eigenvalue weighted by atomic mass is 9.87. The van der Waals surface area contributed by atoms with Crippen molar-refractivity contribution >= 4 is 6.03 Å². The van der Waals surface area contributed by atoms with Crippen molar-refractivity contribution in [1.29, 1.82) is 0 Å². The molecule has 3 unspecified atom stereocenters. The molecule has 1 aromatic rings. The normalized spacial score (nSPS) is 24.7. The molecule has 0 aromatic carbocycles. The van der Waals surface area contributed by atoms with Crippen molar-refractivity contribution in [2.24, 2.45) is 5.92 Å². The molecular weight excluding hydrogens is 244 g/mol. The number of carbonyl (C=O) groups excluding carboxylic acids is 1. The van der Waals surface area contributed by atoms with Crippen molar-refractivity contribution < 1.29 is 14.3 Å². The number of aliphatic hydroxyl groups excluding tert-OH is 1. The van der Waals surface area contributed by atoms with E-state index in [1.54, 1.807) is 12.1 Å². The Morgan fingerprint density at radius 1 is 1.58 bits per heavy atom. The Morgan fingerprint density at radius 2 is 2.42 bits per heavy atom. The minimum Gasteiger partial charge on any atom is -0.467 e. The van der Waals surface area contributed by atoms with Crippen LogP contribution in [-0.4, -0.2) is 23.7 Å². The third-order valence-electron chi connectivity index (χ3n) is 3.60. The van der Waals surface area contributed by atoms with E-state index in [-0.39, 0.29) is 18.6 Å².